The molecule has 164 valence electrons. The Morgan fingerprint density at radius 1 is 1.23 bits per heavy atom. The fourth-order valence-corrected chi connectivity index (χ4v) is 5.20. The third kappa shape index (κ3) is 3.63. The summed E-state index contributed by atoms with van der Waals surface area (Å²) >= 11 is 0. The van der Waals surface area contributed by atoms with E-state index < -0.39 is 11.9 Å². The maximum atomic E-state index is 12.8. The SMILES string of the molecule is CC(C)N1CC(C(=O)NC2CCCC23CN(C(=O)CN2CC(=O)NC2=O)C3)CC1=O. The number of imide groups is 1. The van der Waals surface area contributed by atoms with E-state index >= 15 is 0 Å². The molecule has 0 aromatic carbocycles. The second-order valence-corrected chi connectivity index (χ2v) is 9.32. The molecular weight excluding hydrogens is 390 g/mol. The van der Waals surface area contributed by atoms with Crippen molar-refractivity contribution in [3.8, 4) is 0 Å². The first kappa shape index (κ1) is 20.6. The van der Waals surface area contributed by atoms with Gasteiger partial charge in [-0.1, -0.05) is 6.42 Å². The molecule has 10 heteroatoms. The highest BCUT2D eigenvalue weighted by atomic mass is 16.2. The number of carbonyl (C=O) groups excluding carboxylic acids is 5. The number of hydrogen-bond acceptors (Lipinski definition) is 5. The zero-order valence-corrected chi connectivity index (χ0v) is 17.5. The van der Waals surface area contributed by atoms with Crippen LogP contribution < -0.4 is 10.6 Å². The van der Waals surface area contributed by atoms with Crippen LogP contribution in [-0.4, -0.2) is 89.2 Å². The number of urea groups is 1. The van der Waals surface area contributed by atoms with Gasteiger partial charge in [0.2, 0.25) is 23.6 Å². The van der Waals surface area contributed by atoms with Gasteiger partial charge in [-0.2, -0.15) is 0 Å². The molecule has 30 heavy (non-hydrogen) atoms. The Labute approximate surface area is 175 Å². The van der Waals surface area contributed by atoms with Crippen LogP contribution in [0.4, 0.5) is 4.79 Å². The molecule has 2 N–H and O–H groups in total. The van der Waals surface area contributed by atoms with E-state index in [4.69, 9.17) is 0 Å². The second-order valence-electron chi connectivity index (χ2n) is 9.32. The number of hydrogen-bond donors (Lipinski definition) is 2. The van der Waals surface area contributed by atoms with E-state index in [1.165, 1.54) is 4.90 Å². The van der Waals surface area contributed by atoms with Crippen LogP contribution in [0.1, 0.15) is 39.5 Å². The van der Waals surface area contributed by atoms with Crippen LogP contribution in [0.2, 0.25) is 0 Å². The highest BCUT2D eigenvalue weighted by Crippen LogP contribution is 2.46. The lowest BCUT2D eigenvalue weighted by Crippen LogP contribution is -2.66. The molecule has 6 amide bonds. The molecule has 3 aliphatic heterocycles. The summed E-state index contributed by atoms with van der Waals surface area (Å²) in [5, 5.41) is 5.33. The molecule has 0 aromatic heterocycles. The van der Waals surface area contributed by atoms with Gasteiger partial charge in [0, 0.05) is 43.6 Å². The van der Waals surface area contributed by atoms with Gasteiger partial charge in [-0.05, 0) is 26.7 Å². The summed E-state index contributed by atoms with van der Waals surface area (Å²) in [6, 6.07) is -0.447. The summed E-state index contributed by atoms with van der Waals surface area (Å²) in [7, 11) is 0. The Balaban J connectivity index is 1.30. The molecule has 3 saturated heterocycles. The first-order valence-corrected chi connectivity index (χ1v) is 10.6. The first-order chi connectivity index (χ1) is 14.2. The zero-order valence-electron chi connectivity index (χ0n) is 17.5. The van der Waals surface area contributed by atoms with E-state index in [9.17, 15) is 24.0 Å². The Kier molecular flexibility index (Phi) is 5.19. The number of likely N-dealkylation sites (tertiary alicyclic amines) is 2. The molecule has 4 fully saturated rings. The molecule has 10 nitrogen and oxygen atoms in total. The van der Waals surface area contributed by atoms with Gasteiger partial charge in [0.25, 0.3) is 0 Å². The van der Waals surface area contributed by atoms with Crippen molar-refractivity contribution in [1.82, 2.24) is 25.3 Å². The average molecular weight is 419 g/mol. The van der Waals surface area contributed by atoms with Crippen LogP contribution in [0.5, 0.6) is 0 Å². The molecule has 0 radical (unpaired) electrons. The van der Waals surface area contributed by atoms with E-state index in [0.717, 1.165) is 19.3 Å². The van der Waals surface area contributed by atoms with Crippen molar-refractivity contribution in [3.05, 3.63) is 0 Å². The van der Waals surface area contributed by atoms with E-state index in [1.54, 1.807) is 9.80 Å². The predicted molar refractivity (Wildman–Crippen MR) is 105 cm³/mol. The summed E-state index contributed by atoms with van der Waals surface area (Å²) < 4.78 is 0. The minimum absolute atomic E-state index is 0.00563. The topological polar surface area (TPSA) is 119 Å². The van der Waals surface area contributed by atoms with Crippen molar-refractivity contribution in [2.24, 2.45) is 11.3 Å². The van der Waals surface area contributed by atoms with Gasteiger partial charge in [-0.3, -0.25) is 24.5 Å². The highest BCUT2D eigenvalue weighted by Gasteiger charge is 2.54. The average Bonchev–Trinajstić information content (AvgIpc) is 3.31. The Hall–Kier alpha value is -2.65. The third-order valence-electron chi connectivity index (χ3n) is 6.93. The summed E-state index contributed by atoms with van der Waals surface area (Å²) in [4.78, 5) is 65.0. The van der Waals surface area contributed by atoms with E-state index in [0.29, 0.717) is 19.6 Å². The van der Waals surface area contributed by atoms with Gasteiger partial charge < -0.3 is 20.0 Å². The number of carbonyl (C=O) groups is 5. The summed E-state index contributed by atoms with van der Waals surface area (Å²) in [5.41, 5.74) is -0.130. The van der Waals surface area contributed by atoms with Crippen molar-refractivity contribution in [3.63, 3.8) is 0 Å². The Bertz CT molecular complexity index is 790. The molecule has 4 rings (SSSR count). The van der Waals surface area contributed by atoms with Crippen molar-refractivity contribution >= 4 is 29.7 Å². The minimum Gasteiger partial charge on any atom is -0.352 e. The molecule has 4 aliphatic rings. The van der Waals surface area contributed by atoms with Gasteiger partial charge in [-0.25, -0.2) is 4.79 Å². The van der Waals surface area contributed by atoms with E-state index in [1.807, 2.05) is 13.8 Å². The predicted octanol–water partition coefficient (Wildman–Crippen LogP) is -0.708. The van der Waals surface area contributed by atoms with E-state index in [-0.39, 0.29) is 60.6 Å². The molecule has 2 atom stereocenters. The lowest BCUT2D eigenvalue weighted by atomic mass is 9.74. The van der Waals surface area contributed by atoms with Gasteiger partial charge >= 0.3 is 6.03 Å². The van der Waals surface area contributed by atoms with Gasteiger partial charge in [0.05, 0.1) is 5.92 Å². The van der Waals surface area contributed by atoms with Gasteiger partial charge in [0.15, 0.2) is 0 Å². The zero-order chi connectivity index (χ0) is 21.6. The van der Waals surface area contributed by atoms with Crippen molar-refractivity contribution in [1.29, 1.82) is 0 Å². The number of nitrogens with zero attached hydrogens (tertiary/aromatic N) is 3. The minimum atomic E-state index is -0.531. The lowest BCUT2D eigenvalue weighted by Gasteiger charge is -2.52. The smallest absolute Gasteiger partial charge is 0.325 e. The summed E-state index contributed by atoms with van der Waals surface area (Å²) in [6.45, 7) is 5.25. The lowest BCUT2D eigenvalue weighted by molar-refractivity contribution is -0.145. The second kappa shape index (κ2) is 7.55. The molecule has 1 spiro atoms. The van der Waals surface area contributed by atoms with Crippen molar-refractivity contribution < 1.29 is 24.0 Å². The number of rotatable bonds is 5. The highest BCUT2D eigenvalue weighted by molar-refractivity contribution is 6.03. The monoisotopic (exact) mass is 419 g/mol. The molecule has 2 unspecified atom stereocenters. The van der Waals surface area contributed by atoms with Crippen LogP contribution in [-0.2, 0) is 19.2 Å². The van der Waals surface area contributed by atoms with Crippen LogP contribution >= 0.6 is 0 Å². The fraction of sp³-hybridized carbons (Fsp3) is 0.750. The van der Waals surface area contributed by atoms with Gasteiger partial charge in [0.1, 0.15) is 13.1 Å². The number of amides is 6. The largest absolute Gasteiger partial charge is 0.352 e. The van der Waals surface area contributed by atoms with Crippen LogP contribution in [0.25, 0.3) is 0 Å². The normalized spacial score (nSPS) is 27.8. The van der Waals surface area contributed by atoms with Crippen molar-refractivity contribution in [2.75, 3.05) is 32.7 Å². The molecular formula is C20H29N5O5. The van der Waals surface area contributed by atoms with Gasteiger partial charge in [-0.15, -0.1) is 0 Å². The molecule has 1 aliphatic carbocycles. The standard InChI is InChI=1S/C20H29N5O5/c1-12(2)25-7-13(6-16(25)27)18(29)21-14-4-3-5-20(14)10-24(11-20)17(28)9-23-8-15(26)22-19(23)30/h12-14H,3-11H2,1-2H3,(H,21,29)(H,22,26,30). The summed E-state index contributed by atoms with van der Waals surface area (Å²) in [5.74, 6) is -0.947. The van der Waals surface area contributed by atoms with E-state index in [2.05, 4.69) is 10.6 Å². The fourth-order valence-electron chi connectivity index (χ4n) is 5.20. The maximum Gasteiger partial charge on any atom is 0.325 e. The Morgan fingerprint density at radius 2 is 1.97 bits per heavy atom. The van der Waals surface area contributed by atoms with Crippen LogP contribution in [0, 0.1) is 11.3 Å². The molecule has 1 saturated carbocycles. The van der Waals surface area contributed by atoms with Crippen LogP contribution in [0.15, 0.2) is 0 Å². The Morgan fingerprint density at radius 3 is 2.57 bits per heavy atom. The summed E-state index contributed by atoms with van der Waals surface area (Å²) in [6.07, 6.45) is 3.04. The van der Waals surface area contributed by atoms with Crippen molar-refractivity contribution in [2.45, 2.75) is 51.6 Å². The molecule has 0 aromatic rings. The molecule has 0 bridgehead atoms. The molecule has 3 heterocycles. The quantitative estimate of drug-likeness (QED) is 0.571. The first-order valence-electron chi connectivity index (χ1n) is 10.6. The number of nitrogens with one attached hydrogen (secondary N) is 2. The van der Waals surface area contributed by atoms with Crippen LogP contribution in [0.3, 0.4) is 0 Å². The third-order valence-corrected chi connectivity index (χ3v) is 6.93. The maximum absolute atomic E-state index is 12.8.